The number of carboxylic acid groups (broad SMARTS) is 1. The summed E-state index contributed by atoms with van der Waals surface area (Å²) in [4.78, 5) is 11.4. The molecule has 5 nitrogen and oxygen atoms in total. The Morgan fingerprint density at radius 1 is 1.61 bits per heavy atom. The lowest BCUT2D eigenvalue weighted by Gasteiger charge is -2.20. The van der Waals surface area contributed by atoms with Crippen LogP contribution < -0.4 is 0 Å². The van der Waals surface area contributed by atoms with Crippen molar-refractivity contribution < 1.29 is 23.2 Å². The van der Waals surface area contributed by atoms with Crippen LogP contribution in [0, 0.1) is 0 Å². The van der Waals surface area contributed by atoms with Crippen molar-refractivity contribution in [2.75, 3.05) is 6.54 Å². The fraction of sp³-hybridized carbons (Fsp3) is 0.800. The van der Waals surface area contributed by atoms with Crippen LogP contribution in [0.1, 0.15) is 27.2 Å². The van der Waals surface area contributed by atoms with E-state index in [1.807, 2.05) is 0 Å². The summed E-state index contributed by atoms with van der Waals surface area (Å²) in [6, 6.07) is -1.02. The minimum absolute atomic E-state index is 0.605. The Hall–Kier alpha value is -0.890. The van der Waals surface area contributed by atoms with Gasteiger partial charge in [-0.15, -0.1) is 0 Å². The number of amides is 1. The van der Waals surface area contributed by atoms with Gasteiger partial charge in [0.25, 0.3) is 5.92 Å². The first kappa shape index (κ1) is 15.2. The van der Waals surface area contributed by atoms with Gasteiger partial charge < -0.3 is 9.66 Å². The molecular weight excluding hydrogens is 266 g/mol. The van der Waals surface area contributed by atoms with Gasteiger partial charge in [-0.3, -0.25) is 4.90 Å². The molecule has 1 unspecified atom stereocenters. The van der Waals surface area contributed by atoms with Crippen LogP contribution in [0.25, 0.3) is 0 Å². The largest absolute Gasteiger partial charge is 0.591 e. The molecule has 1 amide bonds. The lowest BCUT2D eigenvalue weighted by molar-refractivity contribution is 0.0128. The van der Waals surface area contributed by atoms with Crippen LogP contribution in [-0.2, 0) is 11.4 Å². The minimum atomic E-state index is -3.06. The van der Waals surface area contributed by atoms with Crippen molar-refractivity contribution in [3.8, 4) is 0 Å². The molecular formula is C10H16F2N2O3S. The van der Waals surface area contributed by atoms with Crippen LogP contribution in [0.2, 0.25) is 0 Å². The smallest absolute Gasteiger partial charge is 0.408 e. The maximum Gasteiger partial charge on any atom is 0.408 e. The molecule has 1 fully saturated rings. The zero-order valence-electron chi connectivity index (χ0n) is 10.4. The molecule has 18 heavy (non-hydrogen) atoms. The number of carbonyl (C=O) groups is 1. The van der Waals surface area contributed by atoms with Crippen molar-refractivity contribution in [1.82, 2.24) is 4.90 Å². The van der Waals surface area contributed by atoms with Crippen LogP contribution in [0.15, 0.2) is 4.40 Å². The third-order valence-corrected chi connectivity index (χ3v) is 3.77. The Balaban J connectivity index is 2.76. The van der Waals surface area contributed by atoms with E-state index in [2.05, 4.69) is 4.40 Å². The predicted molar refractivity (Wildman–Crippen MR) is 64.5 cm³/mol. The van der Waals surface area contributed by atoms with Gasteiger partial charge in [-0.1, -0.05) is 4.40 Å². The minimum Gasteiger partial charge on any atom is -0.591 e. The van der Waals surface area contributed by atoms with Crippen molar-refractivity contribution in [2.24, 2.45) is 4.40 Å². The van der Waals surface area contributed by atoms with Gasteiger partial charge in [0.15, 0.2) is 0 Å². The van der Waals surface area contributed by atoms with E-state index in [4.69, 9.17) is 5.11 Å². The SMILES string of the molecule is CC(C)(C)[S+]([O-])/N=C/[C@@H]1CC(F)(F)CN1C(=O)O. The summed E-state index contributed by atoms with van der Waals surface area (Å²) in [6.45, 7) is 4.23. The van der Waals surface area contributed by atoms with E-state index in [-0.39, 0.29) is 0 Å². The summed E-state index contributed by atoms with van der Waals surface area (Å²) >= 11 is -1.58. The Labute approximate surface area is 107 Å². The predicted octanol–water partition coefficient (Wildman–Crippen LogP) is 1.91. The summed E-state index contributed by atoms with van der Waals surface area (Å²) in [5.41, 5.74) is 0. The van der Waals surface area contributed by atoms with E-state index < -0.39 is 47.1 Å². The molecule has 8 heteroatoms. The molecule has 104 valence electrons. The first-order chi connectivity index (χ1) is 8.03. The summed E-state index contributed by atoms with van der Waals surface area (Å²) in [5.74, 6) is -3.06. The van der Waals surface area contributed by atoms with Crippen molar-refractivity contribution in [3.05, 3.63) is 0 Å². The molecule has 0 saturated carbocycles. The molecule has 1 N–H and O–H groups in total. The van der Waals surface area contributed by atoms with Gasteiger partial charge in [0.1, 0.15) is 16.1 Å². The Morgan fingerprint density at radius 2 is 2.17 bits per heavy atom. The van der Waals surface area contributed by atoms with Gasteiger partial charge in [0.05, 0.1) is 18.8 Å². The van der Waals surface area contributed by atoms with Gasteiger partial charge >= 0.3 is 6.09 Å². The Kier molecular flexibility index (Phi) is 4.22. The molecule has 0 radical (unpaired) electrons. The van der Waals surface area contributed by atoms with Crippen LogP contribution in [-0.4, -0.2) is 50.1 Å². The Bertz CT molecular complexity index is 358. The summed E-state index contributed by atoms with van der Waals surface area (Å²) in [5, 5.41) is 8.80. The first-order valence-corrected chi connectivity index (χ1v) is 6.47. The number of alkyl halides is 2. The van der Waals surface area contributed by atoms with Crippen molar-refractivity contribution in [1.29, 1.82) is 0 Å². The maximum absolute atomic E-state index is 13.1. The molecule has 0 aromatic carbocycles. The van der Waals surface area contributed by atoms with E-state index in [0.717, 1.165) is 6.21 Å². The topological polar surface area (TPSA) is 76.0 Å². The number of hydrogen-bond donors (Lipinski definition) is 1. The van der Waals surface area contributed by atoms with Crippen molar-refractivity contribution in [2.45, 2.75) is 43.9 Å². The molecule has 1 heterocycles. The number of nitrogens with zero attached hydrogens (tertiary/aromatic N) is 2. The van der Waals surface area contributed by atoms with Gasteiger partial charge in [0.2, 0.25) is 0 Å². The quantitative estimate of drug-likeness (QED) is 0.621. The van der Waals surface area contributed by atoms with Gasteiger partial charge in [-0.25, -0.2) is 13.6 Å². The van der Waals surface area contributed by atoms with Gasteiger partial charge in [0, 0.05) is 6.42 Å². The zero-order valence-corrected chi connectivity index (χ0v) is 11.2. The van der Waals surface area contributed by atoms with Gasteiger partial charge in [-0.05, 0) is 20.8 Å². The second-order valence-electron chi connectivity index (χ2n) is 5.15. The lowest BCUT2D eigenvalue weighted by atomic mass is 10.2. The Morgan fingerprint density at radius 3 is 2.61 bits per heavy atom. The van der Waals surface area contributed by atoms with Crippen LogP contribution in [0.3, 0.4) is 0 Å². The summed E-state index contributed by atoms with van der Waals surface area (Å²) < 4.78 is 40.9. The molecule has 1 saturated heterocycles. The van der Waals surface area contributed by atoms with Crippen LogP contribution >= 0.6 is 0 Å². The average molecular weight is 282 g/mol. The maximum atomic E-state index is 13.1. The van der Waals surface area contributed by atoms with E-state index in [0.29, 0.717) is 4.90 Å². The molecule has 0 bridgehead atoms. The van der Waals surface area contributed by atoms with E-state index in [9.17, 15) is 18.1 Å². The molecule has 0 aromatic heterocycles. The summed E-state index contributed by atoms with van der Waals surface area (Å²) in [6.07, 6.45) is -0.995. The number of rotatable bonds is 2. The van der Waals surface area contributed by atoms with Crippen LogP contribution in [0.4, 0.5) is 13.6 Å². The molecule has 1 rings (SSSR count). The monoisotopic (exact) mass is 282 g/mol. The standard InChI is InChI=1S/C10H16F2N2O3S/c1-9(2,3)18(17)13-5-7-4-10(11,12)6-14(7)8(15)16/h5,7H,4,6H2,1-3H3,(H,15,16)/b13-5+/t7-,18?/m0/s1. The highest BCUT2D eigenvalue weighted by Crippen LogP contribution is 2.31. The van der Waals surface area contributed by atoms with E-state index >= 15 is 0 Å². The fourth-order valence-corrected chi connectivity index (χ4v) is 2.04. The third kappa shape index (κ3) is 3.81. The first-order valence-electron chi connectivity index (χ1n) is 5.36. The molecule has 1 aliphatic heterocycles. The highest BCUT2D eigenvalue weighted by Gasteiger charge is 2.47. The lowest BCUT2D eigenvalue weighted by Crippen LogP contribution is -2.36. The highest BCUT2D eigenvalue weighted by molar-refractivity contribution is 7.91. The number of halogens is 2. The second kappa shape index (κ2) is 5.00. The number of hydrogen-bond acceptors (Lipinski definition) is 3. The highest BCUT2D eigenvalue weighted by atomic mass is 32.2. The average Bonchev–Trinajstić information content (AvgIpc) is 2.49. The van der Waals surface area contributed by atoms with Gasteiger partial charge in [-0.2, -0.15) is 0 Å². The van der Waals surface area contributed by atoms with Crippen molar-refractivity contribution in [3.63, 3.8) is 0 Å². The fourth-order valence-electron chi connectivity index (χ4n) is 1.47. The van der Waals surface area contributed by atoms with Crippen molar-refractivity contribution >= 4 is 23.7 Å². The van der Waals surface area contributed by atoms with Crippen LogP contribution in [0.5, 0.6) is 0 Å². The van der Waals surface area contributed by atoms with E-state index in [1.54, 1.807) is 20.8 Å². The molecule has 2 atom stereocenters. The zero-order chi connectivity index (χ0) is 14.1. The normalized spacial score (nSPS) is 25.7. The van der Waals surface area contributed by atoms with E-state index in [1.165, 1.54) is 0 Å². The second-order valence-corrected chi connectivity index (χ2v) is 7.09. The summed E-state index contributed by atoms with van der Waals surface area (Å²) in [7, 11) is 0. The molecule has 0 aliphatic carbocycles. The third-order valence-electron chi connectivity index (χ3n) is 2.41. The number of likely N-dealkylation sites (tertiary alicyclic amines) is 1. The molecule has 0 spiro atoms. The molecule has 0 aromatic rings. The molecule has 1 aliphatic rings.